The number of hydrogen-bond acceptors (Lipinski definition) is 4. The van der Waals surface area contributed by atoms with E-state index in [0.717, 1.165) is 11.1 Å². The summed E-state index contributed by atoms with van der Waals surface area (Å²) >= 11 is 0. The number of anilines is 1. The molecule has 0 unspecified atom stereocenters. The SMILES string of the molecule is COc1cc(C)cc(C)c1-c1c(C(=O)O)nn(C)c1N. The van der Waals surface area contributed by atoms with E-state index < -0.39 is 5.97 Å². The van der Waals surface area contributed by atoms with Crippen LogP contribution >= 0.6 is 0 Å². The number of aromatic nitrogens is 2. The molecular formula is C14H17N3O3. The van der Waals surface area contributed by atoms with Crippen molar-refractivity contribution < 1.29 is 14.6 Å². The molecule has 0 saturated heterocycles. The second kappa shape index (κ2) is 4.88. The van der Waals surface area contributed by atoms with E-state index >= 15 is 0 Å². The lowest BCUT2D eigenvalue weighted by atomic mass is 9.97. The predicted molar refractivity (Wildman–Crippen MR) is 76.0 cm³/mol. The predicted octanol–water partition coefficient (Wildman–Crippen LogP) is 1.99. The zero-order chi connectivity index (χ0) is 15.0. The minimum Gasteiger partial charge on any atom is -0.496 e. The third-order valence-electron chi connectivity index (χ3n) is 3.21. The first-order valence-electron chi connectivity index (χ1n) is 6.08. The lowest BCUT2D eigenvalue weighted by molar-refractivity contribution is 0.0690. The Balaban J connectivity index is 2.84. The third kappa shape index (κ3) is 2.09. The van der Waals surface area contributed by atoms with Gasteiger partial charge in [-0.05, 0) is 31.0 Å². The maximum absolute atomic E-state index is 11.4. The molecule has 3 N–H and O–H groups in total. The van der Waals surface area contributed by atoms with Gasteiger partial charge in [0.2, 0.25) is 0 Å². The van der Waals surface area contributed by atoms with E-state index in [0.29, 0.717) is 22.7 Å². The largest absolute Gasteiger partial charge is 0.496 e. The lowest BCUT2D eigenvalue weighted by Crippen LogP contribution is -2.02. The molecule has 0 spiro atoms. The van der Waals surface area contributed by atoms with Crippen molar-refractivity contribution in [3.05, 3.63) is 29.0 Å². The van der Waals surface area contributed by atoms with Crippen LogP contribution in [0.1, 0.15) is 21.6 Å². The van der Waals surface area contributed by atoms with Crippen molar-refractivity contribution in [2.75, 3.05) is 12.8 Å². The minimum absolute atomic E-state index is 0.0738. The van der Waals surface area contributed by atoms with Gasteiger partial charge in [0.05, 0.1) is 12.7 Å². The van der Waals surface area contributed by atoms with Gasteiger partial charge in [-0.3, -0.25) is 4.68 Å². The molecule has 0 aliphatic carbocycles. The summed E-state index contributed by atoms with van der Waals surface area (Å²) in [4.78, 5) is 11.4. The number of aryl methyl sites for hydroxylation is 3. The van der Waals surface area contributed by atoms with Crippen molar-refractivity contribution in [3.63, 3.8) is 0 Å². The average molecular weight is 275 g/mol. The maximum atomic E-state index is 11.4. The molecule has 0 amide bonds. The summed E-state index contributed by atoms with van der Waals surface area (Å²) in [6.45, 7) is 3.84. The molecule has 0 saturated carbocycles. The number of carboxylic acids is 1. The van der Waals surface area contributed by atoms with Crippen LogP contribution in [0.3, 0.4) is 0 Å². The van der Waals surface area contributed by atoms with E-state index in [2.05, 4.69) is 5.10 Å². The van der Waals surface area contributed by atoms with Crippen LogP contribution in [0.25, 0.3) is 11.1 Å². The Morgan fingerprint density at radius 2 is 2.00 bits per heavy atom. The van der Waals surface area contributed by atoms with Crippen molar-refractivity contribution in [3.8, 4) is 16.9 Å². The van der Waals surface area contributed by atoms with Gasteiger partial charge in [-0.1, -0.05) is 6.07 Å². The number of ether oxygens (including phenoxy) is 1. The van der Waals surface area contributed by atoms with Gasteiger partial charge in [-0.15, -0.1) is 0 Å². The van der Waals surface area contributed by atoms with Gasteiger partial charge in [0.25, 0.3) is 0 Å². The lowest BCUT2D eigenvalue weighted by Gasteiger charge is -2.13. The molecule has 1 aromatic carbocycles. The molecule has 0 radical (unpaired) electrons. The minimum atomic E-state index is -1.12. The van der Waals surface area contributed by atoms with E-state index in [1.807, 2.05) is 26.0 Å². The number of nitrogens with two attached hydrogens (primary N) is 1. The van der Waals surface area contributed by atoms with Crippen molar-refractivity contribution in [1.82, 2.24) is 9.78 Å². The average Bonchev–Trinajstić information content (AvgIpc) is 2.66. The van der Waals surface area contributed by atoms with E-state index in [4.69, 9.17) is 10.5 Å². The number of aromatic carboxylic acids is 1. The Hall–Kier alpha value is -2.50. The van der Waals surface area contributed by atoms with Crippen LogP contribution in [0.15, 0.2) is 12.1 Å². The van der Waals surface area contributed by atoms with Crippen molar-refractivity contribution in [1.29, 1.82) is 0 Å². The second-order valence-electron chi connectivity index (χ2n) is 4.70. The first-order chi connectivity index (χ1) is 9.36. The molecule has 6 nitrogen and oxygen atoms in total. The molecule has 0 bridgehead atoms. The molecule has 2 rings (SSSR count). The Kier molecular flexibility index (Phi) is 3.40. The molecule has 20 heavy (non-hydrogen) atoms. The van der Waals surface area contributed by atoms with Crippen LogP contribution < -0.4 is 10.5 Å². The molecule has 106 valence electrons. The number of carbonyl (C=O) groups is 1. The normalized spacial score (nSPS) is 10.6. The van der Waals surface area contributed by atoms with Gasteiger partial charge in [0.1, 0.15) is 11.6 Å². The Labute approximate surface area is 116 Å². The summed E-state index contributed by atoms with van der Waals surface area (Å²) < 4.78 is 6.73. The number of nitrogen functional groups attached to an aromatic ring is 1. The van der Waals surface area contributed by atoms with Crippen LogP contribution in [0.2, 0.25) is 0 Å². The van der Waals surface area contributed by atoms with E-state index in [-0.39, 0.29) is 5.69 Å². The summed E-state index contributed by atoms with van der Waals surface area (Å²) in [6.07, 6.45) is 0. The number of rotatable bonds is 3. The van der Waals surface area contributed by atoms with Crippen LogP contribution in [-0.4, -0.2) is 28.0 Å². The monoisotopic (exact) mass is 275 g/mol. The Bertz CT molecular complexity index is 689. The van der Waals surface area contributed by atoms with Crippen LogP contribution in [0, 0.1) is 13.8 Å². The molecule has 1 aromatic heterocycles. The number of benzene rings is 1. The first-order valence-corrected chi connectivity index (χ1v) is 6.08. The first kappa shape index (κ1) is 13.9. The van der Waals surface area contributed by atoms with Gasteiger partial charge >= 0.3 is 5.97 Å². The van der Waals surface area contributed by atoms with E-state index in [1.54, 1.807) is 14.2 Å². The van der Waals surface area contributed by atoms with Gasteiger partial charge in [0, 0.05) is 12.6 Å². The fraction of sp³-hybridized carbons (Fsp3) is 0.286. The van der Waals surface area contributed by atoms with E-state index in [9.17, 15) is 9.90 Å². The maximum Gasteiger partial charge on any atom is 0.357 e. The molecule has 0 atom stereocenters. The molecule has 0 aliphatic heterocycles. The Morgan fingerprint density at radius 3 is 2.55 bits per heavy atom. The number of hydrogen-bond donors (Lipinski definition) is 2. The van der Waals surface area contributed by atoms with Gasteiger partial charge in [-0.25, -0.2) is 4.79 Å². The number of carboxylic acid groups (broad SMARTS) is 1. The van der Waals surface area contributed by atoms with E-state index in [1.165, 1.54) is 4.68 Å². The fourth-order valence-corrected chi connectivity index (χ4v) is 2.34. The van der Waals surface area contributed by atoms with Crippen molar-refractivity contribution in [2.24, 2.45) is 7.05 Å². The smallest absolute Gasteiger partial charge is 0.357 e. The highest BCUT2D eigenvalue weighted by Crippen LogP contribution is 2.39. The summed E-state index contributed by atoms with van der Waals surface area (Å²) in [5, 5.41) is 13.3. The summed E-state index contributed by atoms with van der Waals surface area (Å²) in [5.74, 6) is -0.230. The molecule has 0 fully saturated rings. The molecular weight excluding hydrogens is 258 g/mol. The van der Waals surface area contributed by atoms with Gasteiger partial charge in [-0.2, -0.15) is 5.10 Å². The van der Waals surface area contributed by atoms with Gasteiger partial charge in [0.15, 0.2) is 5.69 Å². The molecule has 1 heterocycles. The van der Waals surface area contributed by atoms with Crippen LogP contribution in [0.5, 0.6) is 5.75 Å². The topological polar surface area (TPSA) is 90.4 Å². The van der Waals surface area contributed by atoms with Gasteiger partial charge < -0.3 is 15.6 Å². The van der Waals surface area contributed by atoms with Crippen molar-refractivity contribution >= 4 is 11.8 Å². The van der Waals surface area contributed by atoms with Crippen LogP contribution in [-0.2, 0) is 7.05 Å². The summed E-state index contributed by atoms with van der Waals surface area (Å²) in [7, 11) is 3.16. The molecule has 2 aromatic rings. The third-order valence-corrected chi connectivity index (χ3v) is 3.21. The zero-order valence-corrected chi connectivity index (χ0v) is 11.9. The standard InChI is InChI=1S/C14H17N3O3/c1-7-5-8(2)10(9(6-7)20-4)11-12(14(18)19)16-17(3)13(11)15/h5-6H,15H2,1-4H3,(H,18,19). The summed E-state index contributed by atoms with van der Waals surface area (Å²) in [6, 6.07) is 3.80. The fourth-order valence-electron chi connectivity index (χ4n) is 2.34. The van der Waals surface area contributed by atoms with Crippen molar-refractivity contribution in [2.45, 2.75) is 13.8 Å². The van der Waals surface area contributed by atoms with Crippen LogP contribution in [0.4, 0.5) is 5.82 Å². The highest BCUT2D eigenvalue weighted by atomic mass is 16.5. The second-order valence-corrected chi connectivity index (χ2v) is 4.70. The summed E-state index contributed by atoms with van der Waals surface area (Å²) in [5.41, 5.74) is 8.90. The highest BCUT2D eigenvalue weighted by Gasteiger charge is 2.25. The molecule has 0 aliphatic rings. The Morgan fingerprint density at radius 1 is 1.35 bits per heavy atom. The quantitative estimate of drug-likeness (QED) is 0.894. The number of nitrogens with zero attached hydrogens (tertiary/aromatic N) is 2. The highest BCUT2D eigenvalue weighted by molar-refractivity contribution is 5.99. The number of methoxy groups -OCH3 is 1. The zero-order valence-electron chi connectivity index (χ0n) is 11.9. The molecule has 6 heteroatoms.